The van der Waals surface area contributed by atoms with Gasteiger partial charge in [-0.25, -0.2) is 0 Å². The quantitative estimate of drug-likeness (QED) is 0.695. The van der Waals surface area contributed by atoms with Crippen LogP contribution in [-0.4, -0.2) is 37.4 Å². The minimum atomic E-state index is -0.109. The molecule has 1 aromatic rings. The van der Waals surface area contributed by atoms with Crippen LogP contribution in [0.25, 0.3) is 0 Å². The van der Waals surface area contributed by atoms with Crippen molar-refractivity contribution in [2.45, 2.75) is 52.0 Å². The topological polar surface area (TPSA) is 35.5 Å². The maximum Gasteiger partial charge on any atom is 0.0613 e. The van der Waals surface area contributed by atoms with Gasteiger partial charge in [0.05, 0.1) is 6.61 Å². The molecule has 0 radical (unpaired) electrons. The summed E-state index contributed by atoms with van der Waals surface area (Å²) in [5.41, 5.74) is 2.54. The first-order chi connectivity index (χ1) is 10.1. The smallest absolute Gasteiger partial charge is 0.0613 e. The van der Waals surface area contributed by atoms with E-state index >= 15 is 0 Å². The Balaban J connectivity index is 2.49. The lowest BCUT2D eigenvalue weighted by Crippen LogP contribution is -2.48. The van der Waals surface area contributed by atoms with Gasteiger partial charge in [0.15, 0.2) is 0 Å². The molecular formula is C18H32N2O. The van der Waals surface area contributed by atoms with E-state index < -0.39 is 0 Å². The largest absolute Gasteiger partial charge is 0.394 e. The normalized spacial score (nSPS) is 14.0. The molecule has 2 N–H and O–H groups in total. The van der Waals surface area contributed by atoms with Crippen LogP contribution in [0.5, 0.6) is 0 Å². The summed E-state index contributed by atoms with van der Waals surface area (Å²) in [6, 6.07) is 8.80. The highest BCUT2D eigenvalue weighted by Gasteiger charge is 2.25. The number of nitrogens with one attached hydrogen (secondary N) is 1. The first-order valence-corrected chi connectivity index (χ1v) is 8.26. The lowest BCUT2D eigenvalue weighted by Gasteiger charge is -2.32. The van der Waals surface area contributed by atoms with Crippen LogP contribution in [0.3, 0.4) is 0 Å². The highest BCUT2D eigenvalue weighted by molar-refractivity contribution is 5.46. The van der Waals surface area contributed by atoms with Crippen LogP contribution in [-0.2, 0) is 6.42 Å². The summed E-state index contributed by atoms with van der Waals surface area (Å²) in [5.74, 6) is 0. The number of hydrogen-bond donors (Lipinski definition) is 2. The van der Waals surface area contributed by atoms with Crippen LogP contribution in [0.2, 0.25) is 0 Å². The molecule has 0 heterocycles. The molecule has 0 fully saturated rings. The van der Waals surface area contributed by atoms with Crippen LogP contribution in [0.15, 0.2) is 24.3 Å². The molecule has 1 unspecified atom stereocenters. The van der Waals surface area contributed by atoms with E-state index in [1.54, 1.807) is 0 Å². The first-order valence-electron chi connectivity index (χ1n) is 8.26. The van der Waals surface area contributed by atoms with Crippen LogP contribution in [0.4, 0.5) is 5.69 Å². The third-order valence-corrected chi connectivity index (χ3v) is 4.47. The van der Waals surface area contributed by atoms with E-state index in [9.17, 15) is 5.11 Å². The highest BCUT2D eigenvalue weighted by atomic mass is 16.3. The van der Waals surface area contributed by atoms with Crippen molar-refractivity contribution in [1.82, 2.24) is 5.32 Å². The van der Waals surface area contributed by atoms with E-state index in [0.29, 0.717) is 0 Å². The van der Waals surface area contributed by atoms with E-state index in [-0.39, 0.29) is 12.1 Å². The molecule has 1 atom stereocenters. The number of likely N-dealkylation sites (N-methyl/N-ethyl adjacent to an activating group) is 1. The van der Waals surface area contributed by atoms with Crippen molar-refractivity contribution in [1.29, 1.82) is 0 Å². The Morgan fingerprint density at radius 1 is 1.14 bits per heavy atom. The molecule has 3 heteroatoms. The van der Waals surface area contributed by atoms with Crippen LogP contribution in [0, 0.1) is 0 Å². The molecule has 1 aromatic carbocycles. The fourth-order valence-electron chi connectivity index (χ4n) is 2.78. The summed E-state index contributed by atoms with van der Waals surface area (Å²) < 4.78 is 0. The van der Waals surface area contributed by atoms with Crippen molar-refractivity contribution in [3.8, 4) is 0 Å². The molecule has 1 rings (SSSR count). The van der Waals surface area contributed by atoms with E-state index in [1.807, 2.05) is 0 Å². The summed E-state index contributed by atoms with van der Waals surface area (Å²) in [6.45, 7) is 8.56. The Hall–Kier alpha value is -1.06. The second-order valence-corrected chi connectivity index (χ2v) is 5.87. The SMILES string of the molecule is CCNC(CC)(CO)CCCN(C)c1ccc(CC)cc1. The van der Waals surface area contributed by atoms with Crippen molar-refractivity contribution >= 4 is 5.69 Å². The fourth-order valence-corrected chi connectivity index (χ4v) is 2.78. The maximum absolute atomic E-state index is 9.67. The van der Waals surface area contributed by atoms with Gasteiger partial charge in [-0.15, -0.1) is 0 Å². The third-order valence-electron chi connectivity index (χ3n) is 4.47. The minimum absolute atomic E-state index is 0.109. The Morgan fingerprint density at radius 3 is 2.29 bits per heavy atom. The average molecular weight is 292 g/mol. The van der Waals surface area contributed by atoms with E-state index in [0.717, 1.165) is 38.8 Å². The third kappa shape index (κ3) is 5.33. The lowest BCUT2D eigenvalue weighted by molar-refractivity contribution is 0.147. The summed E-state index contributed by atoms with van der Waals surface area (Å²) in [5, 5.41) is 13.1. The predicted octanol–water partition coefficient (Wildman–Crippen LogP) is 3.22. The molecule has 0 aliphatic heterocycles. The number of nitrogens with zero attached hydrogens (tertiary/aromatic N) is 1. The molecule has 0 bridgehead atoms. The van der Waals surface area contributed by atoms with Crippen LogP contribution < -0.4 is 10.2 Å². The van der Waals surface area contributed by atoms with Gasteiger partial charge in [0.25, 0.3) is 0 Å². The van der Waals surface area contributed by atoms with Gasteiger partial charge in [0, 0.05) is 24.8 Å². The zero-order valence-electron chi connectivity index (χ0n) is 14.2. The number of anilines is 1. The van der Waals surface area contributed by atoms with Gasteiger partial charge >= 0.3 is 0 Å². The van der Waals surface area contributed by atoms with E-state index in [2.05, 4.69) is 62.3 Å². The molecule has 3 nitrogen and oxygen atoms in total. The van der Waals surface area contributed by atoms with Gasteiger partial charge < -0.3 is 15.3 Å². The molecule has 0 aromatic heterocycles. The van der Waals surface area contributed by atoms with Crippen molar-refractivity contribution in [2.24, 2.45) is 0 Å². The molecule has 0 aliphatic carbocycles. The fraction of sp³-hybridized carbons (Fsp3) is 0.667. The average Bonchev–Trinajstić information content (AvgIpc) is 2.54. The number of aliphatic hydroxyl groups excluding tert-OH is 1. The van der Waals surface area contributed by atoms with Crippen molar-refractivity contribution < 1.29 is 5.11 Å². The Kier molecular flexibility index (Phi) is 7.76. The second-order valence-electron chi connectivity index (χ2n) is 5.87. The Bertz CT molecular complexity index is 385. The van der Waals surface area contributed by atoms with Crippen LogP contribution >= 0.6 is 0 Å². The lowest BCUT2D eigenvalue weighted by atomic mass is 9.91. The summed E-state index contributed by atoms with van der Waals surface area (Å²) in [6.07, 6.45) is 4.13. The van der Waals surface area contributed by atoms with Gasteiger partial charge in [-0.1, -0.05) is 32.9 Å². The predicted molar refractivity (Wildman–Crippen MR) is 92.1 cm³/mol. The number of aliphatic hydroxyl groups is 1. The minimum Gasteiger partial charge on any atom is -0.394 e. The van der Waals surface area contributed by atoms with Gasteiger partial charge in [0.1, 0.15) is 0 Å². The summed E-state index contributed by atoms with van der Waals surface area (Å²) >= 11 is 0. The maximum atomic E-state index is 9.67. The zero-order valence-corrected chi connectivity index (χ0v) is 14.2. The van der Waals surface area contributed by atoms with Crippen molar-refractivity contribution in [3.05, 3.63) is 29.8 Å². The van der Waals surface area contributed by atoms with Gasteiger partial charge in [-0.05, 0) is 49.9 Å². The second kappa shape index (κ2) is 9.06. The van der Waals surface area contributed by atoms with E-state index in [1.165, 1.54) is 11.3 Å². The molecule has 0 saturated heterocycles. The number of hydrogen-bond acceptors (Lipinski definition) is 3. The molecule has 0 aliphatic rings. The van der Waals surface area contributed by atoms with Gasteiger partial charge in [-0.2, -0.15) is 0 Å². The molecule has 0 saturated carbocycles. The Labute approximate surface area is 130 Å². The molecule has 0 amide bonds. The Morgan fingerprint density at radius 2 is 1.81 bits per heavy atom. The van der Waals surface area contributed by atoms with Crippen LogP contribution in [0.1, 0.15) is 45.6 Å². The van der Waals surface area contributed by atoms with Gasteiger partial charge in [0.2, 0.25) is 0 Å². The zero-order chi connectivity index (χ0) is 15.7. The van der Waals surface area contributed by atoms with Crippen molar-refractivity contribution in [2.75, 3.05) is 31.6 Å². The molecule has 0 spiro atoms. The number of aryl methyl sites for hydroxylation is 1. The summed E-state index contributed by atoms with van der Waals surface area (Å²) in [4.78, 5) is 2.29. The first kappa shape index (κ1) is 18.0. The standard InChI is InChI=1S/C18H32N2O/c1-5-16-9-11-17(12-10-16)20(4)14-8-13-18(6-2,15-21)19-7-3/h9-12,19,21H,5-8,13-15H2,1-4H3. The molecular weight excluding hydrogens is 260 g/mol. The summed E-state index contributed by atoms with van der Waals surface area (Å²) in [7, 11) is 2.14. The van der Waals surface area contributed by atoms with Gasteiger partial charge in [-0.3, -0.25) is 0 Å². The number of rotatable bonds is 10. The van der Waals surface area contributed by atoms with Crippen molar-refractivity contribution in [3.63, 3.8) is 0 Å². The van der Waals surface area contributed by atoms with E-state index in [4.69, 9.17) is 0 Å². The molecule has 120 valence electrons. The molecule has 21 heavy (non-hydrogen) atoms. The number of benzene rings is 1. The monoisotopic (exact) mass is 292 g/mol. The highest BCUT2D eigenvalue weighted by Crippen LogP contribution is 2.19.